The average Bonchev–Trinajstić information content (AvgIpc) is 0.768. The molecule has 3 N–H and O–H groups in total. The molecule has 16 heteroatoms. The highest BCUT2D eigenvalue weighted by molar-refractivity contribution is 5.89. The van der Waals surface area contributed by atoms with Crippen LogP contribution in [-0.2, 0) is 61.9 Å². The van der Waals surface area contributed by atoms with Crippen LogP contribution in [0, 0.1) is 47.3 Å². The van der Waals surface area contributed by atoms with E-state index in [2.05, 4.69) is 90.0 Å². The van der Waals surface area contributed by atoms with Crippen molar-refractivity contribution in [1.82, 2.24) is 0 Å². The van der Waals surface area contributed by atoms with Crippen molar-refractivity contribution in [3.05, 3.63) is 46.6 Å². The number of carbonyl (C=O) groups excluding carboxylic acids is 5. The quantitative estimate of drug-likeness (QED) is 0.0223. The summed E-state index contributed by atoms with van der Waals surface area (Å²) < 4.78 is 52.3. The molecule has 0 aromatic carbocycles. The van der Waals surface area contributed by atoms with Crippen molar-refractivity contribution in [3.8, 4) is 0 Å². The van der Waals surface area contributed by atoms with Crippen molar-refractivity contribution < 1.29 is 77.2 Å². The topological polar surface area (TPSA) is 220 Å². The molecule has 2 aliphatic heterocycles. The number of aliphatic hydroxyl groups excluding tert-OH is 3. The highest BCUT2D eigenvalue weighted by Crippen LogP contribution is 2.38. The van der Waals surface area contributed by atoms with E-state index in [0.29, 0.717) is 41.2 Å². The lowest BCUT2D eigenvalue weighted by Crippen LogP contribution is -2.66. The number of aliphatic hydroxyl groups is 3. The molecular weight excluding hydrogens is 1850 g/mol. The molecule has 0 aliphatic carbocycles. The molecule has 0 saturated carbocycles. The Balaban J connectivity index is 2.70. The minimum Gasteiger partial charge on any atom is -0.459 e. The Hall–Kier alpha value is -3.93. The van der Waals surface area contributed by atoms with Crippen LogP contribution in [0.5, 0.6) is 0 Å². The second-order valence-corrected chi connectivity index (χ2v) is 48.5. The van der Waals surface area contributed by atoms with Gasteiger partial charge >= 0.3 is 29.8 Å². The Morgan fingerprint density at radius 3 is 0.705 bits per heavy atom. The lowest BCUT2D eigenvalue weighted by atomic mass is 9.91. The van der Waals surface area contributed by atoms with Crippen molar-refractivity contribution in [3.63, 3.8) is 0 Å². The first-order valence-electron chi connectivity index (χ1n) is 64.9. The molecule has 16 nitrogen and oxygen atoms in total. The van der Waals surface area contributed by atoms with Crippen molar-refractivity contribution in [2.45, 2.75) is 712 Å². The van der Waals surface area contributed by atoms with E-state index in [1.807, 2.05) is 24.3 Å². The summed E-state index contributed by atoms with van der Waals surface area (Å²) in [6, 6.07) is 0. The van der Waals surface area contributed by atoms with Crippen molar-refractivity contribution in [2.75, 3.05) is 13.2 Å². The predicted molar refractivity (Wildman–Crippen MR) is 628 cm³/mol. The number of ether oxygens (including phenoxy) is 8. The molecule has 149 heavy (non-hydrogen) atoms. The average molecular weight is 2100 g/mol. The number of hydrogen-bond acceptors (Lipinski definition) is 16. The molecule has 4 unspecified atom stereocenters. The molecule has 2 aliphatic rings. The normalized spacial score (nSPS) is 20.1. The lowest BCUT2D eigenvalue weighted by Gasteiger charge is -2.47. The maximum absolute atomic E-state index is 15.1. The molecule has 0 aromatic rings. The minimum absolute atomic E-state index is 0.00138. The first-order chi connectivity index (χ1) is 72.2. The van der Waals surface area contributed by atoms with Gasteiger partial charge in [0.05, 0.1) is 6.61 Å². The van der Waals surface area contributed by atoms with Crippen LogP contribution < -0.4 is 0 Å². The van der Waals surface area contributed by atoms with Gasteiger partial charge in [-0.3, -0.25) is 4.79 Å². The van der Waals surface area contributed by atoms with Gasteiger partial charge in [-0.1, -0.05) is 609 Å². The van der Waals surface area contributed by atoms with E-state index in [1.54, 1.807) is 27.7 Å². The highest BCUT2D eigenvalue weighted by atomic mass is 16.8. The Morgan fingerprint density at radius 2 is 0.456 bits per heavy atom. The minimum atomic E-state index is -1.92. The summed E-state index contributed by atoms with van der Waals surface area (Å²) in [6.45, 7) is 34.2. The molecule has 0 aromatic heterocycles. The highest BCUT2D eigenvalue weighted by Gasteiger charge is 2.56. The molecule has 874 valence electrons. The molecule has 0 spiro atoms. The van der Waals surface area contributed by atoms with Crippen LogP contribution >= 0.6 is 0 Å². The van der Waals surface area contributed by atoms with E-state index >= 15 is 9.59 Å². The summed E-state index contributed by atoms with van der Waals surface area (Å²) in [5, 5.41) is 37.6. The van der Waals surface area contributed by atoms with E-state index in [0.717, 1.165) is 103 Å². The summed E-state index contributed by atoms with van der Waals surface area (Å²) in [5.41, 5.74) is 1.18. The van der Waals surface area contributed by atoms with E-state index in [1.165, 1.54) is 417 Å². The van der Waals surface area contributed by atoms with Crippen molar-refractivity contribution >= 4 is 29.8 Å². The zero-order chi connectivity index (χ0) is 109. The van der Waals surface area contributed by atoms with Crippen LogP contribution in [0.2, 0.25) is 0 Å². The third-order valence-electron chi connectivity index (χ3n) is 32.5. The Bertz CT molecular complexity index is 3250. The smallest absolute Gasteiger partial charge is 0.333 e. The lowest BCUT2D eigenvalue weighted by molar-refractivity contribution is -0.377. The fraction of sp³-hybridized carbons (Fsp3) is 0.902. The van der Waals surface area contributed by atoms with Crippen LogP contribution in [0.15, 0.2) is 46.6 Å². The van der Waals surface area contributed by atoms with Crippen LogP contribution in [0.1, 0.15) is 651 Å². The number of hydrogen-bond donors (Lipinski definition) is 3. The summed E-state index contributed by atoms with van der Waals surface area (Å²) in [5.74, 6) is -2.17. The van der Waals surface area contributed by atoms with Gasteiger partial charge in [-0.15, -0.1) is 0 Å². The summed E-state index contributed by atoms with van der Waals surface area (Å²) in [4.78, 5) is 74.1. The fourth-order valence-electron chi connectivity index (χ4n) is 23.3. The number of allylic oxidation sites excluding steroid dienone is 4. The first-order valence-corrected chi connectivity index (χ1v) is 64.9. The molecule has 2 heterocycles. The third-order valence-corrected chi connectivity index (χ3v) is 32.5. The maximum atomic E-state index is 15.1. The van der Waals surface area contributed by atoms with E-state index in [4.69, 9.17) is 37.9 Å². The summed E-state index contributed by atoms with van der Waals surface area (Å²) in [7, 11) is 0. The zero-order valence-corrected chi connectivity index (χ0v) is 101. The SMILES string of the molecule is CCCCCCCCCCCCCCCCCCC[C@H](C)C[C@H](C)/C=C(\C)C(=O)OC1[C@H](O)C(COC(=O)/C(C)=C/[C@@H](C)C[C@@H](C)CCCCCCCCCCCCCCCC)O[C@H](O[C@H]2OC(CO)[C@@H](OC(=O)/C(C)=C/[C@@H](C)C[C@@H](C)CCCCCCCCCCCCCCCC)C(O)[C@@H]2OC(=O)/C(C)=C/[C@@H](C)C[C@@H](C)CCCCCCCCCCCCCCCCCC)[C@@H]1OC(=O)CCCCCCCCCCCCCCC. The number of esters is 5. The van der Waals surface area contributed by atoms with Gasteiger partial charge in [0.15, 0.2) is 24.4 Å². The third kappa shape index (κ3) is 76.4. The van der Waals surface area contributed by atoms with Gasteiger partial charge in [0.25, 0.3) is 0 Å². The van der Waals surface area contributed by atoms with Gasteiger partial charge in [-0.25, -0.2) is 19.2 Å². The number of unbranched alkanes of at least 4 members (excludes halogenated alkanes) is 69. The predicted octanol–water partition coefficient (Wildman–Crippen LogP) is 38.7. The summed E-state index contributed by atoms with van der Waals surface area (Å²) in [6.07, 6.45) is 92.3. The Labute approximate surface area is 920 Å². The first kappa shape index (κ1) is 141. The molecule has 0 radical (unpaired) electrons. The molecular formula is C133H246O16. The molecule has 0 bridgehead atoms. The molecule has 2 fully saturated rings. The second-order valence-electron chi connectivity index (χ2n) is 48.5. The van der Waals surface area contributed by atoms with Gasteiger partial charge in [0.1, 0.15) is 31.0 Å². The van der Waals surface area contributed by atoms with Crippen LogP contribution in [0.3, 0.4) is 0 Å². The largest absolute Gasteiger partial charge is 0.459 e. The van der Waals surface area contributed by atoms with E-state index in [-0.39, 0.29) is 41.2 Å². The monoisotopic (exact) mass is 2100 g/mol. The number of rotatable bonds is 104. The van der Waals surface area contributed by atoms with Crippen molar-refractivity contribution in [2.24, 2.45) is 47.3 Å². The fourth-order valence-corrected chi connectivity index (χ4v) is 23.3. The van der Waals surface area contributed by atoms with Crippen molar-refractivity contribution in [1.29, 1.82) is 0 Å². The van der Waals surface area contributed by atoms with E-state index < -0.39 is 104 Å². The molecule has 18 atom stereocenters. The standard InChI is InChI=1S/C133H246O16/c1-18-23-28-33-38-43-48-53-57-59-61-66-70-75-79-84-89-94-109(8)99-113(12)103-117(16)130(140)147-125-122(136)120(106-142-128(138)115(14)101-111(10)97-107(6)92-87-82-77-72-67-63-55-50-45-40-35-30-25-20-3)144-133(127(125)145-121(135)96-91-86-81-76-71-62-52-47-42-37-32-27-22-5)149-132-126(148-131(141)118(17)104-114(13)100-110(9)95-90-85-80-74-69-65-60-58-54-49-44-39-34-29-24-19-2)123(137)124(119(105-134)143-132)146-129(139)116(15)102-112(11)98-108(7)93-88-83-78-73-68-64-56-51-46-41-36-31-26-21-4/h101-104,107-114,119-120,122-127,132-134,136-137H,18-100,105-106H2,1-17H3/b115-101+,116-102+,117-103+,118-104+/t107-,108-,109-,110-,111-,112-,113-,114-,119?,120?,122+,123?,124+,125?,126-,127+,132+,133+/m0/s1. The van der Waals surface area contributed by atoms with Gasteiger partial charge in [-0.05, 0) is 107 Å². The molecule has 2 saturated heterocycles. The van der Waals surface area contributed by atoms with Crippen LogP contribution in [0.4, 0.5) is 0 Å². The second kappa shape index (κ2) is 97.3. The molecule has 2 rings (SSSR count). The number of carbonyl (C=O) groups is 5. The van der Waals surface area contributed by atoms with Crippen LogP contribution in [0.25, 0.3) is 0 Å². The van der Waals surface area contributed by atoms with Gasteiger partial charge in [0, 0.05) is 28.7 Å². The molecule has 0 amide bonds. The Morgan fingerprint density at radius 1 is 0.248 bits per heavy atom. The Kier molecular flexibility index (Phi) is 92.2. The maximum Gasteiger partial charge on any atom is 0.333 e. The zero-order valence-electron chi connectivity index (χ0n) is 101. The van der Waals surface area contributed by atoms with Gasteiger partial charge in [-0.2, -0.15) is 0 Å². The van der Waals surface area contributed by atoms with Gasteiger partial charge in [0.2, 0.25) is 12.6 Å². The summed E-state index contributed by atoms with van der Waals surface area (Å²) >= 11 is 0. The van der Waals surface area contributed by atoms with E-state index in [9.17, 15) is 29.7 Å². The van der Waals surface area contributed by atoms with Gasteiger partial charge < -0.3 is 53.2 Å². The van der Waals surface area contributed by atoms with Crippen LogP contribution in [-0.4, -0.2) is 120 Å².